The molecule has 17 heavy (non-hydrogen) atoms. The first-order chi connectivity index (χ1) is 8.13. The Morgan fingerprint density at radius 2 is 2.06 bits per heavy atom. The zero-order chi connectivity index (χ0) is 12.7. The highest BCUT2D eigenvalue weighted by atomic mass is 16.3. The van der Waals surface area contributed by atoms with Crippen LogP contribution in [0.4, 0.5) is 0 Å². The van der Waals surface area contributed by atoms with E-state index in [0.717, 1.165) is 25.4 Å². The van der Waals surface area contributed by atoms with E-state index in [4.69, 9.17) is 0 Å². The topological polar surface area (TPSA) is 35.5 Å². The Bertz CT molecular complexity index is 206. The molecule has 1 rings (SSSR count). The van der Waals surface area contributed by atoms with Gasteiger partial charge in [-0.05, 0) is 58.2 Å². The van der Waals surface area contributed by atoms with Crippen LogP contribution < -0.4 is 5.32 Å². The van der Waals surface area contributed by atoms with E-state index in [-0.39, 0.29) is 12.1 Å². The van der Waals surface area contributed by atoms with Gasteiger partial charge in [-0.2, -0.15) is 0 Å². The van der Waals surface area contributed by atoms with Gasteiger partial charge in [-0.3, -0.25) is 0 Å². The first kappa shape index (κ1) is 14.9. The van der Waals surface area contributed by atoms with Gasteiger partial charge in [0.15, 0.2) is 0 Å². The maximum absolute atomic E-state index is 9.42. The van der Waals surface area contributed by atoms with Gasteiger partial charge in [0.25, 0.3) is 0 Å². The predicted molar refractivity (Wildman–Crippen MR) is 73.2 cm³/mol. The van der Waals surface area contributed by atoms with Gasteiger partial charge >= 0.3 is 0 Å². The lowest BCUT2D eigenvalue weighted by atomic mass is 9.96. The fourth-order valence-electron chi connectivity index (χ4n) is 2.39. The summed E-state index contributed by atoms with van der Waals surface area (Å²) in [7, 11) is 0. The molecule has 1 atom stereocenters. The molecule has 0 radical (unpaired) electrons. The molecule has 0 aromatic heterocycles. The molecule has 1 unspecified atom stereocenters. The Kier molecular flexibility index (Phi) is 6.45. The molecular weight excluding hydrogens is 212 g/mol. The van der Waals surface area contributed by atoms with Crippen molar-refractivity contribution in [3.63, 3.8) is 0 Å². The van der Waals surface area contributed by atoms with Crippen LogP contribution in [-0.4, -0.2) is 48.3 Å². The van der Waals surface area contributed by atoms with Gasteiger partial charge in [0, 0.05) is 12.1 Å². The molecule has 0 saturated heterocycles. The maximum Gasteiger partial charge on any atom is 0.0610 e. The molecule has 1 saturated carbocycles. The van der Waals surface area contributed by atoms with E-state index >= 15 is 0 Å². The highest BCUT2D eigenvalue weighted by molar-refractivity contribution is 4.82. The van der Waals surface area contributed by atoms with Gasteiger partial charge in [-0.1, -0.05) is 13.8 Å². The number of hydrogen-bond donors (Lipinski definition) is 2. The van der Waals surface area contributed by atoms with Crippen molar-refractivity contribution < 1.29 is 5.11 Å². The third-order valence-electron chi connectivity index (χ3n) is 3.82. The van der Waals surface area contributed by atoms with Gasteiger partial charge in [0.05, 0.1) is 6.61 Å². The van der Waals surface area contributed by atoms with Crippen LogP contribution in [0, 0.1) is 5.92 Å². The Balaban J connectivity index is 2.18. The largest absolute Gasteiger partial charge is 0.394 e. The average molecular weight is 242 g/mol. The SMILES string of the molecule is CCNC(C)(CO)CCCN(CC)CC1CC1. The summed E-state index contributed by atoms with van der Waals surface area (Å²) in [5.74, 6) is 0.980. The normalized spacial score (nSPS) is 19.6. The van der Waals surface area contributed by atoms with Crippen LogP contribution in [0.2, 0.25) is 0 Å². The van der Waals surface area contributed by atoms with Gasteiger partial charge in [-0.15, -0.1) is 0 Å². The van der Waals surface area contributed by atoms with Crippen molar-refractivity contribution in [2.45, 2.75) is 52.0 Å². The summed E-state index contributed by atoms with van der Waals surface area (Å²) in [6.45, 7) is 11.2. The lowest BCUT2D eigenvalue weighted by Crippen LogP contribution is -2.46. The van der Waals surface area contributed by atoms with E-state index in [1.807, 2.05) is 0 Å². The number of nitrogens with one attached hydrogen (secondary N) is 1. The lowest BCUT2D eigenvalue weighted by molar-refractivity contribution is 0.158. The molecule has 0 spiro atoms. The first-order valence-corrected chi connectivity index (χ1v) is 7.21. The van der Waals surface area contributed by atoms with Crippen molar-refractivity contribution in [2.75, 3.05) is 32.8 Å². The van der Waals surface area contributed by atoms with Crippen molar-refractivity contribution >= 4 is 0 Å². The summed E-state index contributed by atoms with van der Waals surface area (Å²) in [4.78, 5) is 2.56. The first-order valence-electron chi connectivity index (χ1n) is 7.21. The van der Waals surface area contributed by atoms with E-state index in [0.29, 0.717) is 0 Å². The fourth-order valence-corrected chi connectivity index (χ4v) is 2.39. The third kappa shape index (κ3) is 5.84. The van der Waals surface area contributed by atoms with Gasteiger partial charge in [-0.25, -0.2) is 0 Å². The average Bonchev–Trinajstić information content (AvgIpc) is 3.12. The van der Waals surface area contributed by atoms with E-state index < -0.39 is 0 Å². The molecule has 1 aliphatic carbocycles. The Morgan fingerprint density at radius 3 is 2.53 bits per heavy atom. The standard InChI is InChI=1S/C14H30N2O/c1-4-15-14(3,12-17)9-6-10-16(5-2)11-13-7-8-13/h13,15,17H,4-12H2,1-3H3. The van der Waals surface area contributed by atoms with Gasteiger partial charge in [0.2, 0.25) is 0 Å². The minimum absolute atomic E-state index is 0.0895. The monoisotopic (exact) mass is 242 g/mol. The quantitative estimate of drug-likeness (QED) is 0.614. The number of rotatable bonds is 10. The van der Waals surface area contributed by atoms with Crippen LogP contribution in [0.25, 0.3) is 0 Å². The molecule has 3 nitrogen and oxygen atoms in total. The minimum atomic E-state index is -0.0895. The third-order valence-corrected chi connectivity index (χ3v) is 3.82. The number of aliphatic hydroxyl groups excluding tert-OH is 1. The molecule has 0 heterocycles. The van der Waals surface area contributed by atoms with Gasteiger partial charge < -0.3 is 15.3 Å². The van der Waals surface area contributed by atoms with Crippen molar-refractivity contribution in [1.29, 1.82) is 0 Å². The summed E-state index contributed by atoms with van der Waals surface area (Å²) >= 11 is 0. The van der Waals surface area contributed by atoms with Crippen LogP contribution >= 0.6 is 0 Å². The maximum atomic E-state index is 9.42. The predicted octanol–water partition coefficient (Wildman–Crippen LogP) is 1.86. The molecular formula is C14H30N2O. The number of nitrogens with zero attached hydrogens (tertiary/aromatic N) is 1. The molecule has 0 amide bonds. The molecule has 0 aromatic rings. The second-order valence-corrected chi connectivity index (χ2v) is 5.69. The molecule has 0 aliphatic heterocycles. The van der Waals surface area contributed by atoms with Crippen LogP contribution in [0.3, 0.4) is 0 Å². The van der Waals surface area contributed by atoms with Crippen molar-refractivity contribution in [3.8, 4) is 0 Å². The molecule has 0 bridgehead atoms. The lowest BCUT2D eigenvalue weighted by Gasteiger charge is -2.29. The summed E-state index contributed by atoms with van der Waals surface area (Å²) in [6, 6.07) is 0. The second kappa shape index (κ2) is 7.34. The van der Waals surface area contributed by atoms with E-state index in [1.54, 1.807) is 0 Å². The van der Waals surface area contributed by atoms with Crippen LogP contribution in [0.15, 0.2) is 0 Å². The van der Waals surface area contributed by atoms with Crippen molar-refractivity contribution in [1.82, 2.24) is 10.2 Å². The molecule has 102 valence electrons. The van der Waals surface area contributed by atoms with E-state index in [9.17, 15) is 5.11 Å². The van der Waals surface area contributed by atoms with Crippen molar-refractivity contribution in [3.05, 3.63) is 0 Å². The Hall–Kier alpha value is -0.120. The molecule has 1 aliphatic rings. The highest BCUT2D eigenvalue weighted by Gasteiger charge is 2.25. The van der Waals surface area contributed by atoms with Crippen molar-refractivity contribution in [2.24, 2.45) is 5.92 Å². The molecule has 1 fully saturated rings. The number of aliphatic hydroxyl groups is 1. The summed E-state index contributed by atoms with van der Waals surface area (Å²) in [5.41, 5.74) is -0.0895. The molecule has 0 aromatic carbocycles. The summed E-state index contributed by atoms with van der Waals surface area (Å²) in [6.07, 6.45) is 5.09. The highest BCUT2D eigenvalue weighted by Crippen LogP contribution is 2.29. The second-order valence-electron chi connectivity index (χ2n) is 5.69. The fraction of sp³-hybridized carbons (Fsp3) is 1.00. The Morgan fingerprint density at radius 1 is 1.35 bits per heavy atom. The summed E-state index contributed by atoms with van der Waals surface area (Å²) in [5, 5.41) is 12.8. The van der Waals surface area contributed by atoms with Crippen LogP contribution in [-0.2, 0) is 0 Å². The van der Waals surface area contributed by atoms with Gasteiger partial charge in [0.1, 0.15) is 0 Å². The van der Waals surface area contributed by atoms with Crippen LogP contribution in [0.1, 0.15) is 46.5 Å². The number of likely N-dealkylation sites (N-methyl/N-ethyl adjacent to an activating group) is 1. The number of hydrogen-bond acceptors (Lipinski definition) is 3. The van der Waals surface area contributed by atoms with E-state index in [2.05, 4.69) is 31.0 Å². The van der Waals surface area contributed by atoms with Crippen LogP contribution in [0.5, 0.6) is 0 Å². The smallest absolute Gasteiger partial charge is 0.0610 e. The van der Waals surface area contributed by atoms with E-state index in [1.165, 1.54) is 32.4 Å². The summed E-state index contributed by atoms with van der Waals surface area (Å²) < 4.78 is 0. The Labute approximate surface area is 107 Å². The minimum Gasteiger partial charge on any atom is -0.394 e. The molecule has 2 N–H and O–H groups in total. The molecule has 3 heteroatoms. The zero-order valence-corrected chi connectivity index (χ0v) is 11.8. The zero-order valence-electron chi connectivity index (χ0n) is 11.8.